The fourth-order valence-corrected chi connectivity index (χ4v) is 1.60. The van der Waals surface area contributed by atoms with Crippen molar-refractivity contribution in [3.05, 3.63) is 35.9 Å². The van der Waals surface area contributed by atoms with Crippen LogP contribution in [-0.4, -0.2) is 31.3 Å². The van der Waals surface area contributed by atoms with Gasteiger partial charge in [0.1, 0.15) is 6.04 Å². The van der Waals surface area contributed by atoms with E-state index < -0.39 is 18.1 Å². The average Bonchev–Trinajstić information content (AvgIpc) is 2.56. The predicted molar refractivity (Wildman–Crippen MR) is 93.4 cm³/mol. The summed E-state index contributed by atoms with van der Waals surface area (Å²) in [4.78, 5) is 23.2. The van der Waals surface area contributed by atoms with Crippen molar-refractivity contribution in [1.29, 1.82) is 0 Å². The van der Waals surface area contributed by atoms with E-state index in [0.717, 1.165) is 5.56 Å². The molecule has 1 rings (SSSR count). The summed E-state index contributed by atoms with van der Waals surface area (Å²) in [6.07, 6.45) is 2.40. The summed E-state index contributed by atoms with van der Waals surface area (Å²) in [6.45, 7) is 8.32. The Morgan fingerprint density at radius 1 is 1.00 bits per heavy atom. The van der Waals surface area contributed by atoms with E-state index in [1.807, 2.05) is 30.3 Å². The first-order chi connectivity index (χ1) is 11.1. The number of benzene rings is 1. The summed E-state index contributed by atoms with van der Waals surface area (Å²) in [6, 6.07) is 8.69. The fraction of sp³-hybridized carbons (Fsp3) is 0.556. The highest BCUT2D eigenvalue weighted by atomic mass is 16.6. The lowest BCUT2D eigenvalue weighted by molar-refractivity contribution is -0.145. The molecule has 1 unspecified atom stereocenters. The molecule has 5 heteroatoms. The van der Waals surface area contributed by atoms with E-state index in [0.29, 0.717) is 6.42 Å². The summed E-state index contributed by atoms with van der Waals surface area (Å²) < 4.78 is 9.73. The highest BCUT2D eigenvalue weighted by Crippen LogP contribution is 2.05. The summed E-state index contributed by atoms with van der Waals surface area (Å²) in [5.41, 5.74) is 0.942. The molecular formula is C18H31NO4. The van der Waals surface area contributed by atoms with Gasteiger partial charge in [0.2, 0.25) is 0 Å². The molecule has 0 heterocycles. The van der Waals surface area contributed by atoms with Gasteiger partial charge in [0.25, 0.3) is 0 Å². The minimum atomic E-state index is -0.735. The minimum Gasteiger partial charge on any atom is -0.464 e. The molecule has 0 aliphatic carbocycles. The number of hydrogen-bond acceptors (Lipinski definition) is 4. The first kappa shape index (κ1) is 21.0. The molecule has 0 saturated heterocycles. The second-order valence-corrected chi connectivity index (χ2v) is 4.86. The van der Waals surface area contributed by atoms with Crippen molar-refractivity contribution in [1.82, 2.24) is 5.32 Å². The number of hydrogen-bond donors (Lipinski definition) is 1. The maximum Gasteiger partial charge on any atom is 0.407 e. The number of rotatable bonds is 7. The summed E-state index contributed by atoms with van der Waals surface area (Å²) in [7, 11) is 0. The van der Waals surface area contributed by atoms with Crippen LogP contribution in [0.2, 0.25) is 0 Å². The molecular weight excluding hydrogens is 294 g/mol. The minimum absolute atomic E-state index is 0. The molecule has 23 heavy (non-hydrogen) atoms. The van der Waals surface area contributed by atoms with E-state index >= 15 is 0 Å². The Hall–Kier alpha value is -2.04. The van der Waals surface area contributed by atoms with Gasteiger partial charge in [0, 0.05) is 7.85 Å². The molecule has 0 aliphatic heterocycles. The smallest absolute Gasteiger partial charge is 0.407 e. The Morgan fingerprint density at radius 3 is 2.04 bits per heavy atom. The van der Waals surface area contributed by atoms with Gasteiger partial charge in [-0.05, 0) is 19.4 Å². The standard InChI is InChI=1S/C14H19NO4.C4H10.H2/c1-3-18-13(16)12(15-14(17)19-4-2)10-11-8-6-5-7-9-11;1-3-4-2;/h5-9,12H,3-4,10H2,1-2H3,(H,15,17);3-4H2,1-2H3;1H. The van der Waals surface area contributed by atoms with Gasteiger partial charge >= 0.3 is 12.1 Å². The lowest BCUT2D eigenvalue weighted by Gasteiger charge is -2.17. The zero-order chi connectivity index (χ0) is 17.5. The summed E-state index contributed by atoms with van der Waals surface area (Å²) in [5.74, 6) is -0.459. The highest BCUT2D eigenvalue weighted by Gasteiger charge is 2.22. The van der Waals surface area contributed by atoms with Crippen LogP contribution in [0.4, 0.5) is 4.79 Å². The van der Waals surface area contributed by atoms with Crippen molar-refractivity contribution in [2.45, 2.75) is 53.0 Å². The largest absolute Gasteiger partial charge is 0.464 e. The molecule has 0 fully saturated rings. The molecule has 0 bridgehead atoms. The van der Waals surface area contributed by atoms with Gasteiger partial charge < -0.3 is 14.8 Å². The highest BCUT2D eigenvalue weighted by molar-refractivity contribution is 5.81. The SMILES string of the molecule is CCCC.CCOC(=O)NC(Cc1ccccc1)C(=O)OCC.[HH]. The van der Waals surface area contributed by atoms with Gasteiger partial charge in [-0.1, -0.05) is 57.0 Å². The number of carbonyl (C=O) groups excluding carboxylic acids is 2. The van der Waals surface area contributed by atoms with Crippen molar-refractivity contribution < 1.29 is 20.5 Å². The van der Waals surface area contributed by atoms with Crippen molar-refractivity contribution >= 4 is 12.1 Å². The first-order valence-corrected chi connectivity index (χ1v) is 8.22. The number of carbonyl (C=O) groups is 2. The molecule has 0 radical (unpaired) electrons. The fourth-order valence-electron chi connectivity index (χ4n) is 1.60. The van der Waals surface area contributed by atoms with Gasteiger partial charge in [-0.3, -0.25) is 0 Å². The maximum atomic E-state index is 11.8. The van der Waals surface area contributed by atoms with Crippen LogP contribution in [0, 0.1) is 0 Å². The number of esters is 1. The normalized spacial score (nSPS) is 10.8. The Bertz CT molecular complexity index is 438. The van der Waals surface area contributed by atoms with Crippen molar-refractivity contribution in [2.75, 3.05) is 13.2 Å². The van der Waals surface area contributed by atoms with Crippen LogP contribution >= 0.6 is 0 Å². The second-order valence-electron chi connectivity index (χ2n) is 4.86. The van der Waals surface area contributed by atoms with Gasteiger partial charge in [0.15, 0.2) is 0 Å². The molecule has 0 saturated carbocycles. The number of amides is 1. The van der Waals surface area contributed by atoms with E-state index in [2.05, 4.69) is 19.2 Å². The van der Waals surface area contributed by atoms with Crippen LogP contribution in [0.15, 0.2) is 30.3 Å². The monoisotopic (exact) mass is 325 g/mol. The molecule has 1 N–H and O–H groups in total. The molecule has 0 aliphatic rings. The van der Waals surface area contributed by atoms with Gasteiger partial charge in [-0.15, -0.1) is 0 Å². The van der Waals surface area contributed by atoms with Gasteiger partial charge in [-0.2, -0.15) is 0 Å². The first-order valence-electron chi connectivity index (χ1n) is 8.22. The predicted octanol–water partition coefficient (Wildman–Crippen LogP) is 3.96. The average molecular weight is 325 g/mol. The van der Waals surface area contributed by atoms with Crippen LogP contribution in [0.5, 0.6) is 0 Å². The quantitative estimate of drug-likeness (QED) is 0.771. The van der Waals surface area contributed by atoms with E-state index in [1.54, 1.807) is 13.8 Å². The molecule has 1 atom stereocenters. The summed E-state index contributed by atoms with van der Waals surface area (Å²) >= 11 is 0. The van der Waals surface area contributed by atoms with Crippen LogP contribution in [0.3, 0.4) is 0 Å². The van der Waals surface area contributed by atoms with Crippen molar-refractivity contribution in [2.24, 2.45) is 0 Å². The lowest BCUT2D eigenvalue weighted by atomic mass is 10.1. The topological polar surface area (TPSA) is 64.6 Å². The second kappa shape index (κ2) is 13.6. The third-order valence-corrected chi connectivity index (χ3v) is 2.92. The Labute approximate surface area is 140 Å². The Balaban J connectivity index is 0. The number of ether oxygens (including phenoxy) is 2. The summed E-state index contributed by atoms with van der Waals surface area (Å²) in [5, 5.41) is 2.52. The van der Waals surface area contributed by atoms with Crippen molar-refractivity contribution in [3.8, 4) is 0 Å². The molecule has 0 aromatic heterocycles. The van der Waals surface area contributed by atoms with Crippen LogP contribution < -0.4 is 5.32 Å². The molecule has 1 aromatic carbocycles. The maximum absolute atomic E-state index is 11.8. The van der Waals surface area contributed by atoms with Crippen molar-refractivity contribution in [3.63, 3.8) is 0 Å². The Morgan fingerprint density at radius 2 is 1.57 bits per heavy atom. The zero-order valence-corrected chi connectivity index (χ0v) is 14.6. The van der Waals surface area contributed by atoms with E-state index in [-0.39, 0.29) is 14.6 Å². The van der Waals surface area contributed by atoms with E-state index in [9.17, 15) is 9.59 Å². The van der Waals surface area contributed by atoms with Crippen LogP contribution in [0.1, 0.15) is 47.5 Å². The van der Waals surface area contributed by atoms with Gasteiger partial charge in [-0.25, -0.2) is 9.59 Å². The molecule has 5 nitrogen and oxygen atoms in total. The molecule has 0 spiro atoms. The Kier molecular flexibility index (Phi) is 12.4. The third-order valence-electron chi connectivity index (χ3n) is 2.92. The van der Waals surface area contributed by atoms with E-state index in [4.69, 9.17) is 9.47 Å². The third kappa shape index (κ3) is 10.3. The zero-order valence-electron chi connectivity index (χ0n) is 14.6. The molecule has 1 aromatic rings. The lowest BCUT2D eigenvalue weighted by Crippen LogP contribution is -2.43. The van der Waals surface area contributed by atoms with Crippen LogP contribution in [-0.2, 0) is 20.7 Å². The van der Waals surface area contributed by atoms with Crippen LogP contribution in [0.25, 0.3) is 0 Å². The number of nitrogens with one attached hydrogen (secondary N) is 1. The van der Waals surface area contributed by atoms with Gasteiger partial charge in [0.05, 0.1) is 13.2 Å². The number of unbranched alkanes of at least 4 members (excludes halogenated alkanes) is 1. The van der Waals surface area contributed by atoms with E-state index in [1.165, 1.54) is 12.8 Å². The molecule has 132 valence electrons. The number of alkyl carbamates (subject to hydrolysis) is 1. The molecule has 1 amide bonds.